The van der Waals surface area contributed by atoms with Crippen molar-refractivity contribution < 1.29 is 8.42 Å². The van der Waals surface area contributed by atoms with Crippen LogP contribution in [0.3, 0.4) is 0 Å². The van der Waals surface area contributed by atoms with E-state index in [2.05, 4.69) is 4.40 Å². The number of rotatable bonds is 3. The third-order valence-electron chi connectivity index (χ3n) is 1.32. The topological polar surface area (TPSA) is 49.7 Å². The summed E-state index contributed by atoms with van der Waals surface area (Å²) in [6, 6.07) is 1.29. The Morgan fingerprint density at radius 1 is 1.47 bits per heavy atom. The van der Waals surface area contributed by atoms with E-state index in [0.29, 0.717) is 4.34 Å². The van der Waals surface area contributed by atoms with E-state index in [4.69, 9.17) is 23.2 Å². The van der Waals surface area contributed by atoms with Gasteiger partial charge < -0.3 is 4.90 Å². The Kier molecular flexibility index (Phi) is 3.99. The van der Waals surface area contributed by atoms with Crippen LogP contribution in [0.25, 0.3) is 0 Å². The van der Waals surface area contributed by atoms with Gasteiger partial charge in [0.25, 0.3) is 10.0 Å². The first-order chi connectivity index (χ1) is 6.83. The van der Waals surface area contributed by atoms with Crippen LogP contribution in [-0.4, -0.2) is 33.8 Å². The molecule has 0 aliphatic rings. The molecule has 1 heterocycles. The average Bonchev–Trinajstić information content (AvgIpc) is 2.43. The van der Waals surface area contributed by atoms with Crippen LogP contribution in [0.2, 0.25) is 8.67 Å². The van der Waals surface area contributed by atoms with Crippen molar-refractivity contribution in [1.82, 2.24) is 4.90 Å². The van der Waals surface area contributed by atoms with Crippen LogP contribution in [0.5, 0.6) is 0 Å². The summed E-state index contributed by atoms with van der Waals surface area (Å²) >= 11 is 12.3. The minimum absolute atomic E-state index is 0.0581. The predicted octanol–water partition coefficient (Wildman–Crippen LogP) is 2.33. The third-order valence-corrected chi connectivity index (χ3v) is 4.30. The van der Waals surface area contributed by atoms with Gasteiger partial charge in [0, 0.05) is 14.1 Å². The molecule has 15 heavy (non-hydrogen) atoms. The minimum Gasteiger partial charge on any atom is -0.368 e. The molecule has 1 rings (SSSR count). The van der Waals surface area contributed by atoms with Gasteiger partial charge in [-0.2, -0.15) is 8.42 Å². The monoisotopic (exact) mass is 286 g/mol. The number of halogens is 2. The Labute approximate surface area is 102 Å². The van der Waals surface area contributed by atoms with Crippen molar-refractivity contribution in [2.75, 3.05) is 14.1 Å². The van der Waals surface area contributed by atoms with Gasteiger partial charge in [0.1, 0.15) is 15.6 Å². The van der Waals surface area contributed by atoms with Crippen molar-refractivity contribution in [1.29, 1.82) is 0 Å². The van der Waals surface area contributed by atoms with Gasteiger partial charge in [0.2, 0.25) is 0 Å². The first kappa shape index (κ1) is 12.8. The summed E-state index contributed by atoms with van der Waals surface area (Å²) in [4.78, 5) is 1.46. The zero-order valence-electron chi connectivity index (χ0n) is 7.94. The van der Waals surface area contributed by atoms with E-state index in [1.165, 1.54) is 17.3 Å². The second-order valence-corrected chi connectivity index (χ2v) is 6.73. The Balaban J connectivity index is 3.12. The standard InChI is InChI=1S/C7H8Cl2N2O2S2/c1-11(2)4-10-15(12,13)5-3-6(8)14-7(5)9/h3-4H,1-2H3/b10-4+. The zero-order chi connectivity index (χ0) is 11.6. The quantitative estimate of drug-likeness (QED) is 0.633. The highest BCUT2D eigenvalue weighted by Crippen LogP contribution is 2.34. The molecule has 0 saturated carbocycles. The average molecular weight is 287 g/mol. The molecule has 0 fully saturated rings. The predicted molar refractivity (Wildman–Crippen MR) is 63.7 cm³/mol. The Hall–Kier alpha value is -0.300. The molecule has 1 aromatic heterocycles. The maximum Gasteiger partial charge on any atom is 0.286 e. The van der Waals surface area contributed by atoms with Crippen molar-refractivity contribution in [3.05, 3.63) is 14.7 Å². The van der Waals surface area contributed by atoms with Crippen molar-refractivity contribution >= 4 is 50.9 Å². The van der Waals surface area contributed by atoms with Crippen LogP contribution >= 0.6 is 34.5 Å². The number of sulfonamides is 1. The minimum atomic E-state index is -3.74. The van der Waals surface area contributed by atoms with Crippen LogP contribution < -0.4 is 0 Å². The Bertz CT molecular complexity index is 479. The molecule has 0 radical (unpaired) electrons. The SMILES string of the molecule is CN(C)/C=N/S(=O)(=O)c1cc(Cl)sc1Cl. The van der Waals surface area contributed by atoms with Gasteiger partial charge in [-0.25, -0.2) is 0 Å². The molecule has 0 aliphatic heterocycles. The van der Waals surface area contributed by atoms with E-state index < -0.39 is 10.0 Å². The lowest BCUT2D eigenvalue weighted by molar-refractivity contribution is 0.595. The largest absolute Gasteiger partial charge is 0.368 e. The summed E-state index contributed by atoms with van der Waals surface area (Å²) < 4.78 is 27.1. The van der Waals surface area contributed by atoms with Crippen LogP contribution in [0, 0.1) is 0 Å². The van der Waals surface area contributed by atoms with E-state index in [1.54, 1.807) is 14.1 Å². The summed E-state index contributed by atoms with van der Waals surface area (Å²) in [6.07, 6.45) is 1.19. The molecule has 0 unspecified atom stereocenters. The van der Waals surface area contributed by atoms with E-state index in [-0.39, 0.29) is 9.23 Å². The van der Waals surface area contributed by atoms with E-state index in [1.807, 2.05) is 0 Å². The molecule has 1 aromatic rings. The third kappa shape index (κ3) is 3.34. The lowest BCUT2D eigenvalue weighted by Gasteiger charge is -2.02. The van der Waals surface area contributed by atoms with E-state index in [0.717, 1.165) is 11.3 Å². The first-order valence-corrected chi connectivity index (χ1v) is 6.76. The summed E-state index contributed by atoms with van der Waals surface area (Å²) in [6.45, 7) is 0. The Morgan fingerprint density at radius 3 is 2.47 bits per heavy atom. The number of nitrogens with zero attached hydrogens (tertiary/aromatic N) is 2. The zero-order valence-corrected chi connectivity index (χ0v) is 11.1. The van der Waals surface area contributed by atoms with Crippen LogP contribution in [0.1, 0.15) is 0 Å². The highest BCUT2D eigenvalue weighted by molar-refractivity contribution is 7.90. The van der Waals surface area contributed by atoms with E-state index in [9.17, 15) is 8.42 Å². The maximum atomic E-state index is 11.6. The normalized spacial score (nSPS) is 12.3. The maximum absolute atomic E-state index is 11.6. The summed E-state index contributed by atoms with van der Waals surface area (Å²) in [5.74, 6) is 0. The summed E-state index contributed by atoms with van der Waals surface area (Å²) in [5.41, 5.74) is 0. The van der Waals surface area contributed by atoms with Gasteiger partial charge in [-0.3, -0.25) is 0 Å². The molecular weight excluding hydrogens is 279 g/mol. The second kappa shape index (κ2) is 4.69. The van der Waals surface area contributed by atoms with Crippen molar-refractivity contribution in [2.24, 2.45) is 4.40 Å². The fourth-order valence-electron chi connectivity index (χ4n) is 0.714. The molecule has 0 N–H and O–H groups in total. The highest BCUT2D eigenvalue weighted by Gasteiger charge is 2.19. The lowest BCUT2D eigenvalue weighted by atomic mass is 10.7. The van der Waals surface area contributed by atoms with Crippen LogP contribution in [0.4, 0.5) is 0 Å². The molecule has 0 aromatic carbocycles. The van der Waals surface area contributed by atoms with Gasteiger partial charge >= 0.3 is 0 Å². The first-order valence-electron chi connectivity index (χ1n) is 3.74. The van der Waals surface area contributed by atoms with Gasteiger partial charge in [0.05, 0.1) is 4.34 Å². The van der Waals surface area contributed by atoms with Crippen molar-refractivity contribution in [3.8, 4) is 0 Å². The van der Waals surface area contributed by atoms with Crippen LogP contribution in [-0.2, 0) is 10.0 Å². The van der Waals surface area contributed by atoms with Crippen LogP contribution in [0.15, 0.2) is 15.4 Å². The van der Waals surface area contributed by atoms with Gasteiger partial charge in [-0.1, -0.05) is 23.2 Å². The number of hydrogen-bond acceptors (Lipinski definition) is 3. The lowest BCUT2D eigenvalue weighted by Crippen LogP contribution is -2.10. The number of thiophene rings is 1. The number of hydrogen-bond donors (Lipinski definition) is 0. The molecule has 0 amide bonds. The summed E-state index contributed by atoms with van der Waals surface area (Å²) in [7, 11) is -0.408. The fraction of sp³-hybridized carbons (Fsp3) is 0.286. The van der Waals surface area contributed by atoms with Gasteiger partial charge in [-0.15, -0.1) is 15.7 Å². The van der Waals surface area contributed by atoms with Gasteiger partial charge in [0.15, 0.2) is 0 Å². The molecule has 0 bridgehead atoms. The smallest absolute Gasteiger partial charge is 0.286 e. The molecule has 0 aliphatic carbocycles. The van der Waals surface area contributed by atoms with E-state index >= 15 is 0 Å². The molecule has 84 valence electrons. The van der Waals surface area contributed by atoms with Gasteiger partial charge in [-0.05, 0) is 6.07 Å². The molecule has 0 atom stereocenters. The molecule has 0 saturated heterocycles. The molecule has 8 heteroatoms. The fourth-order valence-corrected chi connectivity index (χ4v) is 3.75. The van der Waals surface area contributed by atoms with Crippen molar-refractivity contribution in [3.63, 3.8) is 0 Å². The summed E-state index contributed by atoms with van der Waals surface area (Å²) in [5, 5.41) is 0. The highest BCUT2D eigenvalue weighted by atomic mass is 35.5. The molecular formula is C7H8Cl2N2O2S2. The molecule has 0 spiro atoms. The second-order valence-electron chi connectivity index (χ2n) is 2.85. The van der Waals surface area contributed by atoms with Crippen molar-refractivity contribution in [2.45, 2.75) is 4.90 Å². The Morgan fingerprint density at radius 2 is 2.07 bits per heavy atom. The molecule has 4 nitrogen and oxygen atoms in total.